The zero-order valence-electron chi connectivity index (χ0n) is 16.7. The van der Waals surface area contributed by atoms with Gasteiger partial charge in [-0.1, -0.05) is 11.2 Å². The molecular weight excluding hydrogens is 473 g/mol. The summed E-state index contributed by atoms with van der Waals surface area (Å²) >= 11 is 0. The van der Waals surface area contributed by atoms with Crippen LogP contribution < -0.4 is 10.6 Å². The molecule has 156 valence electrons. The average Bonchev–Trinajstić information content (AvgIpc) is 3.16. The van der Waals surface area contributed by atoms with Gasteiger partial charge < -0.3 is 24.8 Å². The van der Waals surface area contributed by atoms with Gasteiger partial charge in [0, 0.05) is 59.6 Å². The molecule has 0 amide bonds. The summed E-state index contributed by atoms with van der Waals surface area (Å²) < 4.78 is 10.3. The molecule has 0 fully saturated rings. The van der Waals surface area contributed by atoms with Gasteiger partial charge in [-0.2, -0.15) is 4.98 Å². The number of ether oxygens (including phenoxy) is 1. The summed E-state index contributed by atoms with van der Waals surface area (Å²) in [5.41, 5.74) is 0.677. The van der Waals surface area contributed by atoms with Crippen LogP contribution in [0.3, 0.4) is 0 Å². The fraction of sp³-hybridized carbons (Fsp3) is 0.556. The van der Waals surface area contributed by atoms with Crippen LogP contribution in [0.4, 0.5) is 0 Å². The Labute approximate surface area is 183 Å². The van der Waals surface area contributed by atoms with Crippen molar-refractivity contribution in [2.45, 2.75) is 12.8 Å². The molecule has 0 saturated heterocycles. The molecule has 0 aliphatic carbocycles. The van der Waals surface area contributed by atoms with Gasteiger partial charge in [0.2, 0.25) is 0 Å². The molecule has 28 heavy (non-hydrogen) atoms. The molecule has 0 bridgehead atoms. The number of guanidine groups is 1. The minimum Gasteiger partial charge on any atom is -0.385 e. The van der Waals surface area contributed by atoms with Gasteiger partial charge in [0.25, 0.3) is 5.89 Å². The third-order valence-electron chi connectivity index (χ3n) is 3.89. The first kappa shape index (κ1) is 24.2. The lowest BCUT2D eigenvalue weighted by molar-refractivity contribution is 0.180. The number of aliphatic imine (C=N–C) groups is 1. The van der Waals surface area contributed by atoms with Crippen molar-refractivity contribution in [3.8, 4) is 11.6 Å². The predicted octanol–water partition coefficient (Wildman–Crippen LogP) is 1.43. The van der Waals surface area contributed by atoms with Gasteiger partial charge in [-0.05, 0) is 25.6 Å². The van der Waals surface area contributed by atoms with Crippen LogP contribution in [0.2, 0.25) is 0 Å². The molecule has 0 aliphatic heterocycles. The number of aromatic nitrogens is 3. The molecule has 2 aromatic heterocycles. The number of hydrogen-bond donors (Lipinski definition) is 2. The second-order valence-corrected chi connectivity index (χ2v) is 6.06. The van der Waals surface area contributed by atoms with E-state index < -0.39 is 0 Å². The van der Waals surface area contributed by atoms with E-state index in [0.29, 0.717) is 30.4 Å². The minimum atomic E-state index is 0. The zero-order chi connectivity index (χ0) is 19.3. The van der Waals surface area contributed by atoms with Crippen molar-refractivity contribution < 1.29 is 9.26 Å². The highest BCUT2D eigenvalue weighted by molar-refractivity contribution is 14.0. The molecule has 0 aliphatic rings. The summed E-state index contributed by atoms with van der Waals surface area (Å²) in [5.74, 6) is 1.83. The molecule has 2 N–H and O–H groups in total. The smallest absolute Gasteiger partial charge is 0.276 e. The highest BCUT2D eigenvalue weighted by Gasteiger charge is 2.09. The van der Waals surface area contributed by atoms with Gasteiger partial charge in [0.15, 0.2) is 11.8 Å². The number of halogens is 1. The maximum Gasteiger partial charge on any atom is 0.276 e. The third-order valence-corrected chi connectivity index (χ3v) is 3.89. The molecule has 2 aromatic rings. The average molecular weight is 503 g/mol. The van der Waals surface area contributed by atoms with Gasteiger partial charge in [-0.15, -0.1) is 24.0 Å². The standard InChI is InChI=1S/C18H29N7O2.HI/c1-19-18(22-11-13-25(2)12-6-14-26-3)21-10-8-16-23-17(27-24-16)15-7-4-5-9-20-15;/h4-5,7,9H,6,8,10-14H2,1-3H3,(H2,19,21,22);1H. The van der Waals surface area contributed by atoms with E-state index in [-0.39, 0.29) is 24.0 Å². The molecular formula is C18H30IN7O2. The Bertz CT molecular complexity index is 682. The van der Waals surface area contributed by atoms with Gasteiger partial charge in [-0.3, -0.25) is 9.98 Å². The number of rotatable bonds is 11. The maximum atomic E-state index is 5.25. The first-order chi connectivity index (χ1) is 13.2. The largest absolute Gasteiger partial charge is 0.385 e. The number of nitrogens with one attached hydrogen (secondary N) is 2. The van der Waals surface area contributed by atoms with Crippen molar-refractivity contribution in [3.05, 3.63) is 30.2 Å². The van der Waals surface area contributed by atoms with Crippen LogP contribution in [0.1, 0.15) is 12.2 Å². The topological polar surface area (TPSA) is 101 Å². The van der Waals surface area contributed by atoms with Gasteiger partial charge >= 0.3 is 0 Å². The van der Waals surface area contributed by atoms with E-state index in [1.165, 1.54) is 0 Å². The van der Waals surface area contributed by atoms with Crippen LogP contribution in [0.15, 0.2) is 33.9 Å². The molecule has 2 rings (SSSR count). The van der Waals surface area contributed by atoms with E-state index in [9.17, 15) is 0 Å². The van der Waals surface area contributed by atoms with Gasteiger partial charge in [-0.25, -0.2) is 0 Å². The first-order valence-corrected chi connectivity index (χ1v) is 9.09. The summed E-state index contributed by atoms with van der Waals surface area (Å²) in [7, 11) is 5.58. The lowest BCUT2D eigenvalue weighted by Crippen LogP contribution is -2.41. The van der Waals surface area contributed by atoms with Crippen molar-refractivity contribution in [3.63, 3.8) is 0 Å². The number of likely N-dealkylation sites (N-methyl/N-ethyl adjacent to an activating group) is 1. The molecule has 0 radical (unpaired) electrons. The Hall–Kier alpha value is -1.79. The van der Waals surface area contributed by atoms with Crippen LogP contribution in [-0.2, 0) is 11.2 Å². The van der Waals surface area contributed by atoms with Crippen molar-refractivity contribution in [1.82, 2.24) is 30.7 Å². The summed E-state index contributed by atoms with van der Waals surface area (Å²) in [4.78, 5) is 15.1. The van der Waals surface area contributed by atoms with Crippen LogP contribution >= 0.6 is 24.0 Å². The number of hydrogen-bond acceptors (Lipinski definition) is 7. The minimum absolute atomic E-state index is 0. The Morgan fingerprint density at radius 2 is 2.07 bits per heavy atom. The molecule has 0 saturated carbocycles. The quantitative estimate of drug-likeness (QED) is 0.206. The van der Waals surface area contributed by atoms with Gasteiger partial charge in [0.1, 0.15) is 5.69 Å². The monoisotopic (exact) mass is 503 g/mol. The normalized spacial score (nSPS) is 11.4. The van der Waals surface area contributed by atoms with E-state index in [4.69, 9.17) is 9.26 Å². The van der Waals surface area contributed by atoms with Crippen molar-refractivity contribution in [2.24, 2.45) is 4.99 Å². The van der Waals surface area contributed by atoms with Crippen molar-refractivity contribution in [2.75, 3.05) is 54.0 Å². The summed E-state index contributed by atoms with van der Waals surface area (Å²) in [6, 6.07) is 5.58. The summed E-state index contributed by atoms with van der Waals surface area (Å²) in [6.45, 7) is 4.21. The Morgan fingerprint density at radius 3 is 2.79 bits per heavy atom. The molecule has 9 nitrogen and oxygen atoms in total. The van der Waals surface area contributed by atoms with Crippen molar-refractivity contribution >= 4 is 29.9 Å². The lowest BCUT2D eigenvalue weighted by atomic mass is 10.3. The van der Waals surface area contributed by atoms with Gasteiger partial charge in [0.05, 0.1) is 0 Å². The first-order valence-electron chi connectivity index (χ1n) is 9.09. The number of nitrogens with zero attached hydrogens (tertiary/aromatic N) is 5. The molecule has 0 atom stereocenters. The highest BCUT2D eigenvalue weighted by atomic mass is 127. The predicted molar refractivity (Wildman–Crippen MR) is 120 cm³/mol. The summed E-state index contributed by atoms with van der Waals surface area (Å²) in [6.07, 6.45) is 3.37. The molecule has 0 aromatic carbocycles. The van der Waals surface area contributed by atoms with Crippen LogP contribution in [0.5, 0.6) is 0 Å². The fourth-order valence-electron chi connectivity index (χ4n) is 2.42. The van der Waals surface area contributed by atoms with E-state index in [0.717, 1.165) is 38.6 Å². The van der Waals surface area contributed by atoms with Crippen molar-refractivity contribution in [1.29, 1.82) is 0 Å². The van der Waals surface area contributed by atoms with E-state index >= 15 is 0 Å². The Balaban J connectivity index is 0.00000392. The van der Waals surface area contributed by atoms with Crippen LogP contribution in [0.25, 0.3) is 11.6 Å². The second kappa shape index (κ2) is 14.2. The highest BCUT2D eigenvalue weighted by Crippen LogP contribution is 2.12. The SMILES string of the molecule is CN=C(NCCc1noc(-c2ccccn2)n1)NCCN(C)CCCOC.I. The summed E-state index contributed by atoms with van der Waals surface area (Å²) in [5, 5.41) is 10.5. The van der Waals surface area contributed by atoms with Crippen LogP contribution in [-0.4, -0.2) is 80.0 Å². The van der Waals surface area contributed by atoms with E-state index in [1.54, 1.807) is 20.4 Å². The van der Waals surface area contributed by atoms with E-state index in [1.807, 2.05) is 18.2 Å². The van der Waals surface area contributed by atoms with Crippen LogP contribution in [0, 0.1) is 0 Å². The third kappa shape index (κ3) is 8.93. The lowest BCUT2D eigenvalue weighted by Gasteiger charge is -2.18. The van der Waals surface area contributed by atoms with E-state index in [2.05, 4.69) is 42.7 Å². The zero-order valence-corrected chi connectivity index (χ0v) is 19.1. The molecule has 0 unspecified atom stereocenters. The molecule has 0 spiro atoms. The molecule has 2 heterocycles. The molecule has 10 heteroatoms. The number of methoxy groups -OCH3 is 1. The fourth-order valence-corrected chi connectivity index (χ4v) is 2.42. The second-order valence-electron chi connectivity index (χ2n) is 6.06. The number of pyridine rings is 1. The maximum absolute atomic E-state index is 5.25. The Morgan fingerprint density at radius 1 is 1.25 bits per heavy atom. The Kier molecular flexibility index (Phi) is 12.3.